The number of benzene rings is 2. The lowest BCUT2D eigenvalue weighted by Crippen LogP contribution is -2.10. The predicted molar refractivity (Wildman–Crippen MR) is 110 cm³/mol. The molecule has 0 saturated heterocycles. The van der Waals surface area contributed by atoms with Crippen LogP contribution in [-0.2, 0) is 9.84 Å². The van der Waals surface area contributed by atoms with Crippen molar-refractivity contribution in [3.05, 3.63) is 83.6 Å². The van der Waals surface area contributed by atoms with Crippen LogP contribution in [-0.4, -0.2) is 30.0 Å². The van der Waals surface area contributed by atoms with Crippen molar-refractivity contribution in [2.75, 3.05) is 6.26 Å². The predicted octanol–water partition coefficient (Wildman–Crippen LogP) is 4.28. The lowest BCUT2D eigenvalue weighted by atomic mass is 10.1. The van der Waals surface area contributed by atoms with Crippen LogP contribution < -0.4 is 4.74 Å². The molecule has 29 heavy (non-hydrogen) atoms. The summed E-state index contributed by atoms with van der Waals surface area (Å²) in [5.41, 5.74) is 2.08. The number of carbonyl (C=O) groups is 1. The number of pyridine rings is 1. The molecule has 0 amide bonds. The van der Waals surface area contributed by atoms with E-state index in [2.05, 4.69) is 4.98 Å². The third-order valence-electron chi connectivity index (χ3n) is 4.28. The Morgan fingerprint density at radius 3 is 2.41 bits per heavy atom. The van der Waals surface area contributed by atoms with Crippen LogP contribution >= 0.6 is 11.6 Å². The van der Waals surface area contributed by atoms with Gasteiger partial charge in [-0.1, -0.05) is 54.1 Å². The van der Waals surface area contributed by atoms with Crippen LogP contribution in [0.3, 0.4) is 0 Å². The molecule has 0 N–H and O–H groups in total. The molecular formula is C21H15ClN2O4S. The number of esters is 1. The summed E-state index contributed by atoms with van der Waals surface area (Å²) in [6.07, 6.45) is 2.56. The maximum Gasteiger partial charge on any atom is 0.364 e. The van der Waals surface area contributed by atoms with E-state index < -0.39 is 15.8 Å². The van der Waals surface area contributed by atoms with Gasteiger partial charge >= 0.3 is 5.97 Å². The van der Waals surface area contributed by atoms with Crippen molar-refractivity contribution in [2.45, 2.75) is 5.16 Å². The zero-order valence-corrected chi connectivity index (χ0v) is 16.8. The summed E-state index contributed by atoms with van der Waals surface area (Å²) < 4.78 is 30.8. The molecule has 0 aliphatic carbocycles. The molecule has 4 aromatic rings. The van der Waals surface area contributed by atoms with Crippen molar-refractivity contribution in [3.8, 4) is 16.9 Å². The van der Waals surface area contributed by atoms with Crippen molar-refractivity contribution >= 4 is 32.9 Å². The van der Waals surface area contributed by atoms with Crippen molar-refractivity contribution in [1.82, 2.24) is 9.38 Å². The molecule has 6 nitrogen and oxygen atoms in total. The summed E-state index contributed by atoms with van der Waals surface area (Å²) in [5, 5.41) is 0.0251. The average molecular weight is 427 g/mol. The van der Waals surface area contributed by atoms with Crippen LogP contribution in [0.1, 0.15) is 10.5 Å². The van der Waals surface area contributed by atoms with E-state index in [1.165, 1.54) is 10.6 Å². The molecule has 0 spiro atoms. The van der Waals surface area contributed by atoms with Gasteiger partial charge in [-0.3, -0.25) is 4.40 Å². The Kier molecular flexibility index (Phi) is 4.86. The molecule has 2 heterocycles. The van der Waals surface area contributed by atoms with E-state index in [0.29, 0.717) is 5.52 Å². The van der Waals surface area contributed by atoms with Gasteiger partial charge in [0.15, 0.2) is 5.69 Å². The average Bonchev–Trinajstić information content (AvgIpc) is 3.10. The van der Waals surface area contributed by atoms with Crippen LogP contribution in [0.5, 0.6) is 5.75 Å². The number of imidazole rings is 1. The number of fused-ring (bicyclic) bond motifs is 1. The number of carbonyl (C=O) groups excluding carboxylic acids is 1. The molecule has 0 aliphatic heterocycles. The first-order chi connectivity index (χ1) is 13.8. The molecule has 2 aromatic carbocycles. The van der Waals surface area contributed by atoms with E-state index in [1.807, 2.05) is 30.3 Å². The Balaban J connectivity index is 1.69. The van der Waals surface area contributed by atoms with Crippen molar-refractivity contribution < 1.29 is 17.9 Å². The van der Waals surface area contributed by atoms with E-state index in [4.69, 9.17) is 16.3 Å². The van der Waals surface area contributed by atoms with Crippen LogP contribution in [0.4, 0.5) is 0 Å². The van der Waals surface area contributed by atoms with E-state index in [1.54, 1.807) is 36.4 Å². The van der Waals surface area contributed by atoms with E-state index in [-0.39, 0.29) is 21.6 Å². The molecule has 0 saturated carbocycles. The molecule has 146 valence electrons. The highest BCUT2D eigenvalue weighted by Crippen LogP contribution is 2.31. The van der Waals surface area contributed by atoms with Gasteiger partial charge in [-0.05, 0) is 35.4 Å². The Morgan fingerprint density at radius 2 is 1.72 bits per heavy atom. The van der Waals surface area contributed by atoms with Gasteiger partial charge in [0.1, 0.15) is 5.75 Å². The second-order valence-corrected chi connectivity index (χ2v) is 8.69. The number of sulfone groups is 1. The minimum Gasteiger partial charge on any atom is -0.420 e. The Morgan fingerprint density at radius 1 is 1.00 bits per heavy atom. The topological polar surface area (TPSA) is 77.7 Å². The molecule has 0 fully saturated rings. The monoisotopic (exact) mass is 426 g/mol. The fourth-order valence-corrected chi connectivity index (χ4v) is 3.96. The second kappa shape index (κ2) is 7.35. The van der Waals surface area contributed by atoms with Gasteiger partial charge in [0.25, 0.3) is 0 Å². The molecule has 2 aromatic heterocycles. The molecule has 8 heteroatoms. The molecule has 0 atom stereocenters. The number of aromatic nitrogens is 2. The maximum absolute atomic E-state index is 12.7. The smallest absolute Gasteiger partial charge is 0.364 e. The first kappa shape index (κ1) is 19.2. The van der Waals surface area contributed by atoms with Crippen LogP contribution in [0.25, 0.3) is 16.6 Å². The number of hydrogen-bond donors (Lipinski definition) is 0. The summed E-state index contributed by atoms with van der Waals surface area (Å²) >= 11 is 6.31. The Labute approximate surface area is 172 Å². The first-order valence-electron chi connectivity index (χ1n) is 8.59. The van der Waals surface area contributed by atoms with Crippen LogP contribution in [0.2, 0.25) is 5.02 Å². The Bertz CT molecular complexity index is 1330. The van der Waals surface area contributed by atoms with Gasteiger partial charge < -0.3 is 4.74 Å². The zero-order valence-electron chi connectivity index (χ0n) is 15.2. The third-order valence-corrected chi connectivity index (χ3v) is 5.53. The van der Waals surface area contributed by atoms with Gasteiger partial charge in [0.05, 0.1) is 10.5 Å². The second-order valence-electron chi connectivity index (χ2n) is 6.37. The summed E-state index contributed by atoms with van der Waals surface area (Å²) in [5.74, 6) is -0.632. The first-order valence-corrected chi connectivity index (χ1v) is 10.9. The SMILES string of the molecule is CS(=O)(=O)c1nc(C(=O)Oc2ccc(-c3ccccc3)cc2Cl)c2ccccn12. The highest BCUT2D eigenvalue weighted by molar-refractivity contribution is 7.90. The van der Waals surface area contributed by atoms with Crippen molar-refractivity contribution in [1.29, 1.82) is 0 Å². The summed E-state index contributed by atoms with van der Waals surface area (Å²) in [4.78, 5) is 16.7. The van der Waals surface area contributed by atoms with E-state index in [9.17, 15) is 13.2 Å². The largest absolute Gasteiger partial charge is 0.420 e. The van der Waals surface area contributed by atoms with E-state index in [0.717, 1.165) is 17.4 Å². The van der Waals surface area contributed by atoms with Crippen molar-refractivity contribution in [3.63, 3.8) is 0 Å². The number of rotatable bonds is 4. The lowest BCUT2D eigenvalue weighted by molar-refractivity contribution is 0.0731. The quantitative estimate of drug-likeness (QED) is 0.359. The fraction of sp³-hybridized carbons (Fsp3) is 0.0476. The standard InChI is InChI=1S/C21H15ClN2O4S/c1-29(26,27)21-23-19(17-9-5-6-12-24(17)21)20(25)28-18-11-10-15(13-16(18)22)14-7-3-2-4-8-14/h2-13H,1H3. The molecule has 0 bridgehead atoms. The molecule has 0 aliphatic rings. The third kappa shape index (κ3) is 3.74. The number of nitrogens with zero attached hydrogens (tertiary/aromatic N) is 2. The Hall–Kier alpha value is -3.16. The van der Waals surface area contributed by atoms with Gasteiger partial charge in [-0.2, -0.15) is 0 Å². The number of halogens is 1. The van der Waals surface area contributed by atoms with Crippen LogP contribution in [0, 0.1) is 0 Å². The number of hydrogen-bond acceptors (Lipinski definition) is 5. The molecule has 4 rings (SSSR count). The summed E-state index contributed by atoms with van der Waals surface area (Å²) in [6, 6.07) is 19.7. The fourth-order valence-electron chi connectivity index (χ4n) is 2.96. The zero-order chi connectivity index (χ0) is 20.6. The molecule has 0 unspecified atom stereocenters. The maximum atomic E-state index is 12.7. The highest BCUT2D eigenvalue weighted by atomic mass is 35.5. The summed E-state index contributed by atoms with van der Waals surface area (Å²) in [6.45, 7) is 0. The minimum absolute atomic E-state index is 0.103. The van der Waals surface area contributed by atoms with Gasteiger partial charge in [-0.25, -0.2) is 18.2 Å². The van der Waals surface area contributed by atoms with Gasteiger partial charge in [0, 0.05) is 12.5 Å². The number of ether oxygens (including phenoxy) is 1. The van der Waals surface area contributed by atoms with Gasteiger partial charge in [0.2, 0.25) is 15.0 Å². The van der Waals surface area contributed by atoms with Crippen molar-refractivity contribution in [2.24, 2.45) is 0 Å². The minimum atomic E-state index is -3.64. The lowest BCUT2D eigenvalue weighted by Gasteiger charge is -2.08. The highest BCUT2D eigenvalue weighted by Gasteiger charge is 2.24. The summed E-state index contributed by atoms with van der Waals surface area (Å²) in [7, 11) is -3.64. The molecular weight excluding hydrogens is 412 g/mol. The van der Waals surface area contributed by atoms with Gasteiger partial charge in [-0.15, -0.1) is 0 Å². The van der Waals surface area contributed by atoms with Crippen LogP contribution in [0.15, 0.2) is 78.1 Å². The molecule has 0 radical (unpaired) electrons. The normalized spacial score (nSPS) is 11.5. The van der Waals surface area contributed by atoms with E-state index >= 15 is 0 Å².